The molecule has 2 heterocycles. The quantitative estimate of drug-likeness (QED) is 0.843. The largest absolute Gasteiger partial charge is 0.384 e. The third-order valence-electron chi connectivity index (χ3n) is 3.38. The standard InChI is InChI=1S/C14H13BrF2N2O/c1-2-18-13-7-6-20-4-3-10(7)19-14-9(16)5-8(15)12(17)11(13)14/h5H,2-4,6H2,1H3,(H,18,19). The van der Waals surface area contributed by atoms with E-state index in [1.165, 1.54) is 0 Å². The summed E-state index contributed by atoms with van der Waals surface area (Å²) in [7, 11) is 0. The van der Waals surface area contributed by atoms with Gasteiger partial charge in [-0.05, 0) is 28.9 Å². The van der Waals surface area contributed by atoms with E-state index in [2.05, 4.69) is 26.2 Å². The monoisotopic (exact) mass is 342 g/mol. The number of anilines is 1. The molecule has 0 amide bonds. The van der Waals surface area contributed by atoms with Crippen LogP contribution < -0.4 is 5.32 Å². The number of hydrogen-bond acceptors (Lipinski definition) is 3. The first kappa shape index (κ1) is 13.7. The first-order valence-corrected chi connectivity index (χ1v) is 7.23. The molecule has 0 atom stereocenters. The van der Waals surface area contributed by atoms with E-state index in [1.807, 2.05) is 6.92 Å². The predicted molar refractivity (Wildman–Crippen MR) is 76.9 cm³/mol. The SMILES string of the molecule is CCNc1c2c(nc3c(F)cc(Br)c(F)c13)CCOC2. The van der Waals surface area contributed by atoms with Gasteiger partial charge in [-0.3, -0.25) is 0 Å². The normalized spacial score (nSPS) is 14.4. The molecule has 0 aliphatic carbocycles. The second-order valence-corrected chi connectivity index (χ2v) is 5.48. The van der Waals surface area contributed by atoms with Crippen molar-refractivity contribution in [1.82, 2.24) is 4.98 Å². The number of nitrogens with zero attached hydrogens (tertiary/aromatic N) is 1. The molecule has 6 heteroatoms. The van der Waals surface area contributed by atoms with Crippen molar-refractivity contribution < 1.29 is 13.5 Å². The zero-order chi connectivity index (χ0) is 14.3. The smallest absolute Gasteiger partial charge is 0.150 e. The van der Waals surface area contributed by atoms with Gasteiger partial charge in [0.1, 0.15) is 11.3 Å². The van der Waals surface area contributed by atoms with Gasteiger partial charge in [0.25, 0.3) is 0 Å². The second kappa shape index (κ2) is 5.26. The molecular weight excluding hydrogens is 330 g/mol. The van der Waals surface area contributed by atoms with Gasteiger partial charge in [0.05, 0.1) is 34.5 Å². The highest BCUT2D eigenvalue weighted by Crippen LogP contribution is 2.36. The van der Waals surface area contributed by atoms with Crippen molar-refractivity contribution in [2.75, 3.05) is 18.5 Å². The van der Waals surface area contributed by atoms with Gasteiger partial charge in [-0.25, -0.2) is 13.8 Å². The number of ether oxygens (including phenoxy) is 1. The summed E-state index contributed by atoms with van der Waals surface area (Å²) in [5, 5.41) is 3.31. The lowest BCUT2D eigenvalue weighted by molar-refractivity contribution is 0.110. The fraction of sp³-hybridized carbons (Fsp3) is 0.357. The molecule has 0 saturated carbocycles. The van der Waals surface area contributed by atoms with Crippen molar-refractivity contribution in [1.29, 1.82) is 0 Å². The van der Waals surface area contributed by atoms with Gasteiger partial charge < -0.3 is 10.1 Å². The number of nitrogens with one attached hydrogen (secondary N) is 1. The van der Waals surface area contributed by atoms with Crippen LogP contribution in [0.5, 0.6) is 0 Å². The number of aromatic nitrogens is 1. The first-order valence-electron chi connectivity index (χ1n) is 6.44. The lowest BCUT2D eigenvalue weighted by atomic mass is 10.0. The summed E-state index contributed by atoms with van der Waals surface area (Å²) in [6.45, 7) is 3.44. The lowest BCUT2D eigenvalue weighted by Crippen LogP contribution is -2.16. The van der Waals surface area contributed by atoms with E-state index in [0.717, 1.165) is 17.3 Å². The zero-order valence-electron chi connectivity index (χ0n) is 10.9. The van der Waals surface area contributed by atoms with E-state index in [1.54, 1.807) is 0 Å². The van der Waals surface area contributed by atoms with E-state index in [0.29, 0.717) is 31.9 Å². The van der Waals surface area contributed by atoms with Crippen LogP contribution in [0.4, 0.5) is 14.5 Å². The van der Waals surface area contributed by atoms with Crippen LogP contribution in [0, 0.1) is 11.6 Å². The average molecular weight is 343 g/mol. The molecule has 1 aliphatic rings. The number of halogens is 3. The summed E-state index contributed by atoms with van der Waals surface area (Å²) in [6.07, 6.45) is 0.612. The molecule has 2 aromatic rings. The van der Waals surface area contributed by atoms with Crippen LogP contribution in [-0.4, -0.2) is 18.1 Å². The van der Waals surface area contributed by atoms with Gasteiger partial charge in [-0.1, -0.05) is 0 Å². The van der Waals surface area contributed by atoms with Crippen molar-refractivity contribution >= 4 is 32.5 Å². The highest BCUT2D eigenvalue weighted by atomic mass is 79.9. The van der Waals surface area contributed by atoms with Crippen LogP contribution in [0.25, 0.3) is 10.9 Å². The van der Waals surface area contributed by atoms with Gasteiger partial charge in [0.15, 0.2) is 5.82 Å². The van der Waals surface area contributed by atoms with Crippen LogP contribution >= 0.6 is 15.9 Å². The van der Waals surface area contributed by atoms with Crippen LogP contribution in [0.15, 0.2) is 10.5 Å². The Morgan fingerprint density at radius 1 is 1.45 bits per heavy atom. The maximum Gasteiger partial charge on any atom is 0.150 e. The van der Waals surface area contributed by atoms with Gasteiger partial charge in [0, 0.05) is 18.5 Å². The molecule has 1 aliphatic heterocycles. The van der Waals surface area contributed by atoms with Crippen molar-refractivity contribution in [2.45, 2.75) is 20.0 Å². The molecule has 0 bridgehead atoms. The molecule has 1 aromatic heterocycles. The van der Waals surface area contributed by atoms with Crippen LogP contribution in [0.3, 0.4) is 0 Å². The maximum atomic E-state index is 14.4. The van der Waals surface area contributed by atoms with Gasteiger partial charge >= 0.3 is 0 Å². The number of pyridine rings is 1. The van der Waals surface area contributed by atoms with Crippen molar-refractivity contribution in [3.05, 3.63) is 33.4 Å². The van der Waals surface area contributed by atoms with Crippen molar-refractivity contribution in [3.63, 3.8) is 0 Å². The Hall–Kier alpha value is -1.27. The summed E-state index contributed by atoms with van der Waals surface area (Å²) in [5.74, 6) is -1.03. The van der Waals surface area contributed by atoms with Gasteiger partial charge in [-0.15, -0.1) is 0 Å². The van der Waals surface area contributed by atoms with Crippen molar-refractivity contribution in [3.8, 4) is 0 Å². The molecule has 0 spiro atoms. The Labute approximate surface area is 123 Å². The minimum Gasteiger partial charge on any atom is -0.384 e. The molecule has 3 nitrogen and oxygen atoms in total. The molecule has 106 valence electrons. The predicted octanol–water partition coefficient (Wildman–Crippen LogP) is 3.78. The highest BCUT2D eigenvalue weighted by molar-refractivity contribution is 9.10. The van der Waals surface area contributed by atoms with Gasteiger partial charge in [-0.2, -0.15) is 0 Å². The second-order valence-electron chi connectivity index (χ2n) is 4.62. The Morgan fingerprint density at radius 3 is 3.00 bits per heavy atom. The molecule has 20 heavy (non-hydrogen) atoms. The zero-order valence-corrected chi connectivity index (χ0v) is 12.5. The minimum atomic E-state index is -0.526. The van der Waals surface area contributed by atoms with Crippen LogP contribution in [0.1, 0.15) is 18.2 Å². The summed E-state index contributed by atoms with van der Waals surface area (Å²) in [5.41, 5.74) is 2.26. The fourth-order valence-electron chi connectivity index (χ4n) is 2.50. The average Bonchev–Trinajstić information content (AvgIpc) is 2.45. The van der Waals surface area contributed by atoms with Crippen LogP contribution in [-0.2, 0) is 17.8 Å². The topological polar surface area (TPSA) is 34.2 Å². The Morgan fingerprint density at radius 2 is 2.25 bits per heavy atom. The maximum absolute atomic E-state index is 14.4. The molecule has 0 radical (unpaired) electrons. The number of fused-ring (bicyclic) bond motifs is 2. The fourth-order valence-corrected chi connectivity index (χ4v) is 2.90. The summed E-state index contributed by atoms with van der Waals surface area (Å²) in [6, 6.07) is 1.12. The number of rotatable bonds is 2. The molecule has 3 rings (SSSR count). The molecule has 1 N–H and O–H groups in total. The van der Waals surface area contributed by atoms with E-state index < -0.39 is 11.6 Å². The first-order chi connectivity index (χ1) is 9.63. The lowest BCUT2D eigenvalue weighted by Gasteiger charge is -2.22. The third kappa shape index (κ3) is 2.07. The van der Waals surface area contributed by atoms with Crippen molar-refractivity contribution in [2.24, 2.45) is 0 Å². The number of benzene rings is 1. The summed E-state index contributed by atoms with van der Waals surface area (Å²) >= 11 is 3.05. The van der Waals surface area contributed by atoms with E-state index >= 15 is 0 Å². The molecule has 0 saturated heterocycles. The Balaban J connectivity index is 2.42. The van der Waals surface area contributed by atoms with Crippen LogP contribution in [0.2, 0.25) is 0 Å². The molecule has 1 aromatic carbocycles. The van der Waals surface area contributed by atoms with E-state index in [9.17, 15) is 8.78 Å². The summed E-state index contributed by atoms with van der Waals surface area (Å²) < 4.78 is 34.0. The summed E-state index contributed by atoms with van der Waals surface area (Å²) in [4.78, 5) is 4.30. The van der Waals surface area contributed by atoms with E-state index in [4.69, 9.17) is 4.74 Å². The van der Waals surface area contributed by atoms with E-state index in [-0.39, 0.29) is 15.4 Å². The molecular formula is C14H13BrF2N2O. The Kier molecular flexibility index (Phi) is 3.60. The highest BCUT2D eigenvalue weighted by Gasteiger charge is 2.23. The molecule has 0 fully saturated rings. The molecule has 0 unspecified atom stereocenters. The minimum absolute atomic E-state index is 0.0716. The third-order valence-corrected chi connectivity index (χ3v) is 3.95. The number of hydrogen-bond donors (Lipinski definition) is 1. The van der Waals surface area contributed by atoms with Gasteiger partial charge in [0.2, 0.25) is 0 Å². The Bertz CT molecular complexity index is 691.